The van der Waals surface area contributed by atoms with Crippen molar-refractivity contribution in [2.45, 2.75) is 26.5 Å². The van der Waals surface area contributed by atoms with Crippen molar-refractivity contribution in [3.8, 4) is 22.8 Å². The lowest BCUT2D eigenvalue weighted by atomic mass is 10.1. The highest BCUT2D eigenvalue weighted by molar-refractivity contribution is 5.79. The molecule has 30 heavy (non-hydrogen) atoms. The summed E-state index contributed by atoms with van der Waals surface area (Å²) in [5, 5.41) is 6.45. The second-order valence-electron chi connectivity index (χ2n) is 6.87. The van der Waals surface area contributed by atoms with Crippen LogP contribution < -0.4 is 20.1 Å². The molecule has 3 rings (SSSR count). The van der Waals surface area contributed by atoms with Crippen LogP contribution >= 0.6 is 0 Å². The van der Waals surface area contributed by atoms with Gasteiger partial charge in [0.1, 0.15) is 6.10 Å². The molecule has 0 saturated carbocycles. The lowest BCUT2D eigenvalue weighted by Crippen LogP contribution is -2.41. The van der Waals surface area contributed by atoms with Crippen LogP contribution in [-0.2, 0) is 6.54 Å². The Hall–Kier alpha value is -3.48. The quantitative estimate of drug-likeness (QED) is 0.436. The Kier molecular flexibility index (Phi) is 7.32. The Bertz CT molecular complexity index is 967. The Labute approximate surface area is 177 Å². The van der Waals surface area contributed by atoms with E-state index in [1.54, 1.807) is 20.4 Å². The van der Waals surface area contributed by atoms with Crippen LogP contribution in [0.5, 0.6) is 11.5 Å². The van der Waals surface area contributed by atoms with Crippen LogP contribution in [0.1, 0.15) is 18.4 Å². The van der Waals surface area contributed by atoms with Gasteiger partial charge in [-0.2, -0.15) is 0 Å². The molecular formula is C23H28N4O3. The molecule has 0 bridgehead atoms. The fourth-order valence-corrected chi connectivity index (χ4v) is 2.84. The van der Waals surface area contributed by atoms with Crippen molar-refractivity contribution in [1.82, 2.24) is 15.6 Å². The second kappa shape index (κ2) is 10.3. The molecule has 0 aliphatic carbocycles. The van der Waals surface area contributed by atoms with E-state index in [0.717, 1.165) is 11.3 Å². The number of para-hydroxylation sites is 2. The van der Waals surface area contributed by atoms with Gasteiger partial charge in [-0.25, -0.2) is 4.98 Å². The summed E-state index contributed by atoms with van der Waals surface area (Å²) < 4.78 is 17.1. The van der Waals surface area contributed by atoms with E-state index < -0.39 is 0 Å². The van der Waals surface area contributed by atoms with Crippen LogP contribution in [0, 0.1) is 6.92 Å². The highest BCUT2D eigenvalue weighted by Gasteiger charge is 2.11. The molecule has 1 atom stereocenters. The standard InChI is InChI=1S/C23H28N4O3/c1-16-9-11-18(12-10-16)21-14-25-22(30-21)15-27-23(24-3)26-13-17(2)29-20-8-6-5-7-19(20)28-4/h5-12,14,17H,13,15H2,1-4H3,(H2,24,26,27). The first-order valence-electron chi connectivity index (χ1n) is 9.85. The molecule has 2 N–H and O–H groups in total. The first kappa shape index (κ1) is 21.2. The molecule has 0 spiro atoms. The number of rotatable bonds is 8. The minimum Gasteiger partial charge on any atom is -0.493 e. The minimum atomic E-state index is -0.0882. The summed E-state index contributed by atoms with van der Waals surface area (Å²) in [4.78, 5) is 8.58. The van der Waals surface area contributed by atoms with Gasteiger partial charge in [0.25, 0.3) is 0 Å². The molecule has 0 amide bonds. The van der Waals surface area contributed by atoms with E-state index in [9.17, 15) is 0 Å². The van der Waals surface area contributed by atoms with E-state index in [4.69, 9.17) is 13.9 Å². The van der Waals surface area contributed by atoms with Crippen molar-refractivity contribution >= 4 is 5.96 Å². The number of nitrogens with zero attached hydrogens (tertiary/aromatic N) is 2. The zero-order valence-electron chi connectivity index (χ0n) is 17.8. The molecule has 0 radical (unpaired) electrons. The van der Waals surface area contributed by atoms with Gasteiger partial charge in [-0.05, 0) is 26.0 Å². The van der Waals surface area contributed by atoms with E-state index in [1.807, 2.05) is 43.3 Å². The zero-order valence-corrected chi connectivity index (χ0v) is 17.8. The lowest BCUT2D eigenvalue weighted by Gasteiger charge is -2.18. The molecule has 1 aromatic heterocycles. The number of nitrogens with one attached hydrogen (secondary N) is 2. The maximum Gasteiger partial charge on any atom is 0.214 e. The summed E-state index contributed by atoms with van der Waals surface area (Å²) in [6.45, 7) is 5.03. The number of ether oxygens (including phenoxy) is 2. The van der Waals surface area contributed by atoms with Crippen molar-refractivity contribution in [2.24, 2.45) is 4.99 Å². The first-order valence-corrected chi connectivity index (χ1v) is 9.85. The van der Waals surface area contributed by atoms with Gasteiger partial charge >= 0.3 is 0 Å². The lowest BCUT2D eigenvalue weighted by molar-refractivity contribution is 0.213. The van der Waals surface area contributed by atoms with Gasteiger partial charge in [-0.15, -0.1) is 0 Å². The predicted molar refractivity (Wildman–Crippen MR) is 118 cm³/mol. The molecule has 0 fully saturated rings. The average Bonchev–Trinajstić information content (AvgIpc) is 3.24. The van der Waals surface area contributed by atoms with Crippen molar-refractivity contribution < 1.29 is 13.9 Å². The van der Waals surface area contributed by atoms with Gasteiger partial charge in [0.15, 0.2) is 23.2 Å². The zero-order chi connectivity index (χ0) is 21.3. The molecule has 7 nitrogen and oxygen atoms in total. The number of hydrogen-bond donors (Lipinski definition) is 2. The van der Waals surface area contributed by atoms with Crippen LogP contribution in [0.15, 0.2) is 64.1 Å². The van der Waals surface area contributed by atoms with Crippen molar-refractivity contribution in [3.05, 3.63) is 66.2 Å². The number of aliphatic imine (C=N–C) groups is 1. The molecular weight excluding hydrogens is 380 g/mol. The largest absolute Gasteiger partial charge is 0.493 e. The van der Waals surface area contributed by atoms with Crippen LogP contribution in [0.25, 0.3) is 11.3 Å². The van der Waals surface area contributed by atoms with E-state index in [-0.39, 0.29) is 6.10 Å². The van der Waals surface area contributed by atoms with E-state index >= 15 is 0 Å². The van der Waals surface area contributed by atoms with Crippen molar-refractivity contribution in [1.29, 1.82) is 0 Å². The Morgan fingerprint density at radius 2 is 1.83 bits per heavy atom. The summed E-state index contributed by atoms with van der Waals surface area (Å²) in [6.07, 6.45) is 1.65. The number of aromatic nitrogens is 1. The molecule has 2 aromatic carbocycles. The number of methoxy groups -OCH3 is 1. The average molecular weight is 409 g/mol. The molecule has 158 valence electrons. The minimum absolute atomic E-state index is 0.0882. The van der Waals surface area contributed by atoms with E-state index in [0.29, 0.717) is 36.4 Å². The maximum atomic E-state index is 5.95. The number of aryl methyl sites for hydroxylation is 1. The summed E-state index contributed by atoms with van der Waals surface area (Å²) >= 11 is 0. The van der Waals surface area contributed by atoms with Gasteiger partial charge in [0.05, 0.1) is 26.4 Å². The third kappa shape index (κ3) is 5.76. The maximum absolute atomic E-state index is 5.95. The number of oxazole rings is 1. The van der Waals surface area contributed by atoms with Crippen molar-refractivity contribution in [2.75, 3.05) is 20.7 Å². The van der Waals surface area contributed by atoms with Gasteiger partial charge in [0.2, 0.25) is 5.89 Å². The highest BCUT2D eigenvalue weighted by Crippen LogP contribution is 2.26. The Morgan fingerprint density at radius 3 is 2.53 bits per heavy atom. The number of benzene rings is 2. The summed E-state index contributed by atoms with van der Waals surface area (Å²) in [5.74, 6) is 3.39. The van der Waals surface area contributed by atoms with Gasteiger partial charge in [0, 0.05) is 12.6 Å². The fraction of sp³-hybridized carbons (Fsp3) is 0.304. The van der Waals surface area contributed by atoms with Gasteiger partial charge in [-0.3, -0.25) is 4.99 Å². The topological polar surface area (TPSA) is 80.9 Å². The smallest absolute Gasteiger partial charge is 0.214 e. The summed E-state index contributed by atoms with van der Waals surface area (Å²) in [6, 6.07) is 15.7. The third-order valence-electron chi connectivity index (χ3n) is 4.47. The SMILES string of the molecule is CN=C(NCc1ncc(-c2ccc(C)cc2)o1)NCC(C)Oc1ccccc1OC. The summed E-state index contributed by atoms with van der Waals surface area (Å²) in [7, 11) is 3.35. The van der Waals surface area contributed by atoms with Crippen LogP contribution in [0.4, 0.5) is 0 Å². The summed E-state index contributed by atoms with van der Waals surface area (Å²) in [5.41, 5.74) is 2.21. The van der Waals surface area contributed by atoms with E-state index in [2.05, 4.69) is 39.7 Å². The third-order valence-corrected chi connectivity index (χ3v) is 4.47. The molecule has 0 aliphatic rings. The first-order chi connectivity index (χ1) is 14.6. The van der Waals surface area contributed by atoms with Crippen LogP contribution in [0.3, 0.4) is 0 Å². The molecule has 7 heteroatoms. The highest BCUT2D eigenvalue weighted by atomic mass is 16.5. The van der Waals surface area contributed by atoms with Gasteiger partial charge < -0.3 is 24.5 Å². The molecule has 1 unspecified atom stereocenters. The second-order valence-corrected chi connectivity index (χ2v) is 6.87. The fourth-order valence-electron chi connectivity index (χ4n) is 2.84. The Morgan fingerprint density at radius 1 is 1.10 bits per heavy atom. The normalized spacial score (nSPS) is 12.3. The van der Waals surface area contributed by atoms with E-state index in [1.165, 1.54) is 5.56 Å². The molecule has 0 saturated heterocycles. The molecule has 3 aromatic rings. The molecule has 1 heterocycles. The van der Waals surface area contributed by atoms with Crippen molar-refractivity contribution in [3.63, 3.8) is 0 Å². The number of hydrogen-bond acceptors (Lipinski definition) is 5. The van der Waals surface area contributed by atoms with Gasteiger partial charge in [-0.1, -0.05) is 42.0 Å². The number of guanidine groups is 1. The van der Waals surface area contributed by atoms with Crippen LogP contribution in [-0.4, -0.2) is 37.7 Å². The van der Waals surface area contributed by atoms with Crippen LogP contribution in [0.2, 0.25) is 0 Å². The Balaban J connectivity index is 1.48. The molecule has 0 aliphatic heterocycles. The predicted octanol–water partition coefficient (Wildman–Crippen LogP) is 3.79. The monoisotopic (exact) mass is 408 g/mol.